The van der Waals surface area contributed by atoms with E-state index in [4.69, 9.17) is 5.73 Å². The number of aromatic nitrogens is 2. The lowest BCUT2D eigenvalue weighted by molar-refractivity contribution is 0.704. The van der Waals surface area contributed by atoms with E-state index in [1.807, 2.05) is 32.0 Å². The molecule has 1 aliphatic heterocycles. The molecule has 0 aliphatic carbocycles. The van der Waals surface area contributed by atoms with Crippen molar-refractivity contribution in [1.29, 1.82) is 10.5 Å². The first kappa shape index (κ1) is 16.7. The van der Waals surface area contributed by atoms with Crippen molar-refractivity contribution >= 4 is 22.4 Å². The molecule has 2 unspecified atom stereocenters. The molecule has 0 saturated carbocycles. The molecule has 25 heavy (non-hydrogen) atoms. The zero-order valence-corrected chi connectivity index (χ0v) is 14.2. The number of rotatable bonds is 4. The monoisotopic (exact) mass is 333 g/mol. The van der Waals surface area contributed by atoms with Gasteiger partial charge in [-0.15, -0.1) is 0 Å². The van der Waals surface area contributed by atoms with Gasteiger partial charge in [-0.05, 0) is 31.5 Å². The SMILES string of the molecule is CC1=NC(C)=C(C#N)C(c2ccc3[nH]nc(NCCN)c3c2)C1C#N. The Morgan fingerprint density at radius 2 is 2.12 bits per heavy atom. The summed E-state index contributed by atoms with van der Waals surface area (Å²) < 4.78 is 0. The number of nitriles is 2. The van der Waals surface area contributed by atoms with Crippen LogP contribution >= 0.6 is 0 Å². The molecule has 2 atom stereocenters. The molecule has 0 bridgehead atoms. The van der Waals surface area contributed by atoms with Crippen LogP contribution in [0.15, 0.2) is 34.5 Å². The standard InChI is InChI=1S/C18H19N7/c1-10-14(8-20)17(15(9-21)11(2)23-10)12-3-4-16-13(7-12)18(25-24-16)22-6-5-19/h3-4,7,14,17H,5-6,19H2,1-2H3,(H2,22,24,25). The van der Waals surface area contributed by atoms with Gasteiger partial charge in [0.2, 0.25) is 0 Å². The number of H-pyrrole nitrogens is 1. The Kier molecular flexibility index (Phi) is 4.51. The number of hydrogen-bond donors (Lipinski definition) is 3. The van der Waals surface area contributed by atoms with Crippen molar-refractivity contribution in [2.24, 2.45) is 16.6 Å². The Labute approximate surface area is 145 Å². The van der Waals surface area contributed by atoms with E-state index in [0.717, 1.165) is 28.0 Å². The first-order chi connectivity index (χ1) is 12.1. The summed E-state index contributed by atoms with van der Waals surface area (Å²) in [5.74, 6) is -0.0616. The minimum atomic E-state index is -0.455. The van der Waals surface area contributed by atoms with Crippen LogP contribution < -0.4 is 11.1 Å². The van der Waals surface area contributed by atoms with Gasteiger partial charge < -0.3 is 11.1 Å². The van der Waals surface area contributed by atoms with Crippen molar-refractivity contribution in [3.8, 4) is 12.1 Å². The topological polar surface area (TPSA) is 127 Å². The second-order valence-corrected chi connectivity index (χ2v) is 6.04. The van der Waals surface area contributed by atoms with Gasteiger partial charge in [-0.2, -0.15) is 15.6 Å². The lowest BCUT2D eigenvalue weighted by Crippen LogP contribution is -2.24. The maximum absolute atomic E-state index is 9.63. The van der Waals surface area contributed by atoms with Crippen LogP contribution in [0.5, 0.6) is 0 Å². The molecule has 7 heteroatoms. The highest BCUT2D eigenvalue weighted by molar-refractivity contribution is 5.93. The number of nitrogens with two attached hydrogens (primary N) is 1. The zero-order chi connectivity index (χ0) is 18.0. The van der Waals surface area contributed by atoms with E-state index in [1.54, 1.807) is 0 Å². The lowest BCUT2D eigenvalue weighted by atomic mass is 9.76. The molecule has 7 nitrogen and oxygen atoms in total. The average molecular weight is 333 g/mol. The highest BCUT2D eigenvalue weighted by Gasteiger charge is 2.34. The average Bonchev–Trinajstić information content (AvgIpc) is 3.01. The van der Waals surface area contributed by atoms with E-state index in [9.17, 15) is 10.5 Å². The molecule has 1 aromatic heterocycles. The third-order valence-electron chi connectivity index (χ3n) is 4.47. The molecule has 0 amide bonds. The molecular weight excluding hydrogens is 314 g/mol. The van der Waals surface area contributed by atoms with Gasteiger partial charge >= 0.3 is 0 Å². The summed E-state index contributed by atoms with van der Waals surface area (Å²) in [6.45, 7) is 4.77. The van der Waals surface area contributed by atoms with Crippen molar-refractivity contribution in [3.63, 3.8) is 0 Å². The van der Waals surface area contributed by atoms with Gasteiger partial charge in [0.05, 0.1) is 34.8 Å². The van der Waals surface area contributed by atoms with Gasteiger partial charge in [0.25, 0.3) is 0 Å². The number of aromatic amines is 1. The Morgan fingerprint density at radius 3 is 2.80 bits per heavy atom. The zero-order valence-electron chi connectivity index (χ0n) is 14.2. The Morgan fingerprint density at radius 1 is 1.32 bits per heavy atom. The number of anilines is 1. The molecule has 1 aliphatic rings. The minimum absolute atomic E-state index is 0.325. The minimum Gasteiger partial charge on any atom is -0.367 e. The van der Waals surface area contributed by atoms with E-state index in [-0.39, 0.29) is 5.92 Å². The number of aliphatic imine (C=N–C) groups is 1. The Bertz CT molecular complexity index is 952. The Balaban J connectivity index is 2.12. The molecule has 0 radical (unpaired) electrons. The van der Waals surface area contributed by atoms with E-state index in [2.05, 4.69) is 32.6 Å². The summed E-state index contributed by atoms with van der Waals surface area (Å²) in [4.78, 5) is 4.38. The fourth-order valence-corrected chi connectivity index (χ4v) is 3.26. The molecule has 3 rings (SSSR count). The third kappa shape index (κ3) is 2.86. The maximum Gasteiger partial charge on any atom is 0.155 e. The number of nitrogens with one attached hydrogen (secondary N) is 2. The second kappa shape index (κ2) is 6.76. The first-order valence-corrected chi connectivity index (χ1v) is 8.08. The molecule has 2 aromatic rings. The number of fused-ring (bicyclic) bond motifs is 1. The number of benzene rings is 1. The second-order valence-electron chi connectivity index (χ2n) is 6.04. The van der Waals surface area contributed by atoms with Crippen LogP contribution in [0.3, 0.4) is 0 Å². The summed E-state index contributed by atoms with van der Waals surface area (Å²) in [5, 5.41) is 30.6. The van der Waals surface area contributed by atoms with Crippen LogP contribution in [0.2, 0.25) is 0 Å². The summed E-state index contributed by atoms with van der Waals surface area (Å²) in [6.07, 6.45) is 0. The normalized spacial score (nSPS) is 20.1. The predicted molar refractivity (Wildman–Crippen MR) is 96.9 cm³/mol. The highest BCUT2D eigenvalue weighted by atomic mass is 15.2. The first-order valence-electron chi connectivity index (χ1n) is 8.08. The van der Waals surface area contributed by atoms with Crippen LogP contribution in [0.4, 0.5) is 5.82 Å². The van der Waals surface area contributed by atoms with E-state index < -0.39 is 5.92 Å². The number of hydrogen-bond acceptors (Lipinski definition) is 6. The third-order valence-corrected chi connectivity index (χ3v) is 4.47. The number of allylic oxidation sites excluding steroid dienone is 2. The van der Waals surface area contributed by atoms with Crippen molar-refractivity contribution in [2.45, 2.75) is 19.8 Å². The summed E-state index contributed by atoms with van der Waals surface area (Å²) in [6, 6.07) is 10.4. The van der Waals surface area contributed by atoms with Gasteiger partial charge in [0.1, 0.15) is 0 Å². The molecule has 0 fully saturated rings. The molecule has 0 spiro atoms. The quantitative estimate of drug-likeness (QED) is 0.792. The van der Waals surface area contributed by atoms with Crippen molar-refractivity contribution in [1.82, 2.24) is 10.2 Å². The lowest BCUT2D eigenvalue weighted by Gasteiger charge is -2.26. The number of nitrogens with zero attached hydrogens (tertiary/aromatic N) is 4. The molecule has 4 N–H and O–H groups in total. The van der Waals surface area contributed by atoms with Gasteiger partial charge in [0, 0.05) is 30.1 Å². The Hall–Kier alpha value is -3.16. The van der Waals surface area contributed by atoms with E-state index in [0.29, 0.717) is 24.4 Å². The highest BCUT2D eigenvalue weighted by Crippen LogP contribution is 2.39. The molecule has 0 saturated heterocycles. The van der Waals surface area contributed by atoms with Crippen LogP contribution in [0.25, 0.3) is 10.9 Å². The molecule has 2 heterocycles. The van der Waals surface area contributed by atoms with Crippen LogP contribution in [-0.2, 0) is 0 Å². The summed E-state index contributed by atoms with van der Waals surface area (Å²) in [7, 11) is 0. The van der Waals surface area contributed by atoms with Gasteiger partial charge in [-0.1, -0.05) is 6.07 Å². The van der Waals surface area contributed by atoms with Crippen molar-refractivity contribution in [2.75, 3.05) is 18.4 Å². The fraction of sp³-hybridized carbons (Fsp3) is 0.333. The van der Waals surface area contributed by atoms with Crippen LogP contribution in [0.1, 0.15) is 25.3 Å². The van der Waals surface area contributed by atoms with Crippen LogP contribution in [-0.4, -0.2) is 29.0 Å². The van der Waals surface area contributed by atoms with Crippen molar-refractivity contribution in [3.05, 3.63) is 35.0 Å². The van der Waals surface area contributed by atoms with Gasteiger partial charge in [0.15, 0.2) is 5.82 Å². The van der Waals surface area contributed by atoms with Crippen LogP contribution in [0, 0.1) is 28.6 Å². The largest absolute Gasteiger partial charge is 0.367 e. The fourth-order valence-electron chi connectivity index (χ4n) is 3.26. The van der Waals surface area contributed by atoms with Crippen molar-refractivity contribution < 1.29 is 0 Å². The molecule has 1 aromatic carbocycles. The maximum atomic E-state index is 9.63. The molecular formula is C18H19N7. The predicted octanol–water partition coefficient (Wildman–Crippen LogP) is 2.43. The van der Waals surface area contributed by atoms with E-state index in [1.165, 1.54) is 0 Å². The molecule has 126 valence electrons. The summed E-state index contributed by atoms with van der Waals surface area (Å²) >= 11 is 0. The summed E-state index contributed by atoms with van der Waals surface area (Å²) in [5.41, 5.74) is 9.28. The smallest absolute Gasteiger partial charge is 0.155 e. The van der Waals surface area contributed by atoms with Gasteiger partial charge in [-0.3, -0.25) is 10.1 Å². The van der Waals surface area contributed by atoms with Gasteiger partial charge in [-0.25, -0.2) is 0 Å². The van der Waals surface area contributed by atoms with E-state index >= 15 is 0 Å².